The van der Waals surface area contributed by atoms with E-state index in [1.807, 2.05) is 42.5 Å². The van der Waals surface area contributed by atoms with Gasteiger partial charge >= 0.3 is 0 Å². The summed E-state index contributed by atoms with van der Waals surface area (Å²) < 4.78 is 0. The summed E-state index contributed by atoms with van der Waals surface area (Å²) in [5.74, 6) is 0. The first-order valence-electron chi connectivity index (χ1n) is 5.03. The zero-order valence-corrected chi connectivity index (χ0v) is 10.8. The Kier molecular flexibility index (Phi) is 4.67. The molecule has 0 radical (unpaired) electrons. The normalized spacial score (nSPS) is 9.71. The van der Waals surface area contributed by atoms with Crippen LogP contribution in [-0.2, 0) is 6.42 Å². The second-order valence-electron chi connectivity index (χ2n) is 3.77. The molecule has 2 aromatic rings. The number of nitrogens with two attached hydrogens (primary N) is 2. The summed E-state index contributed by atoms with van der Waals surface area (Å²) in [7, 11) is 0. The summed E-state index contributed by atoms with van der Waals surface area (Å²) >= 11 is 5.82. The first kappa shape index (κ1) is 13.7. The van der Waals surface area contributed by atoms with Crippen molar-refractivity contribution in [1.82, 2.24) is 0 Å². The quantitative estimate of drug-likeness (QED) is 0.819. The number of benzene rings is 2. The summed E-state index contributed by atoms with van der Waals surface area (Å²) in [5.41, 5.74) is 15.0. The fraction of sp³-hybridized carbons (Fsp3) is 0.0769. The Labute approximate surface area is 112 Å². The zero-order valence-electron chi connectivity index (χ0n) is 9.19. The highest BCUT2D eigenvalue weighted by Gasteiger charge is 1.99. The van der Waals surface area contributed by atoms with E-state index in [9.17, 15) is 0 Å². The van der Waals surface area contributed by atoms with Crippen LogP contribution in [0.4, 0.5) is 11.4 Å². The molecule has 0 bridgehead atoms. The van der Waals surface area contributed by atoms with Crippen molar-refractivity contribution in [2.24, 2.45) is 0 Å². The first-order chi connectivity index (χ1) is 7.65. The number of hydrogen-bond donors (Lipinski definition) is 2. The van der Waals surface area contributed by atoms with E-state index in [1.54, 1.807) is 0 Å². The number of halogens is 2. The minimum atomic E-state index is 0. The highest BCUT2D eigenvalue weighted by atomic mass is 35.5. The molecule has 0 spiro atoms. The molecule has 0 fully saturated rings. The van der Waals surface area contributed by atoms with E-state index in [0.717, 1.165) is 17.0 Å². The molecule has 90 valence electrons. The number of anilines is 2. The fourth-order valence-corrected chi connectivity index (χ4v) is 1.70. The molecule has 0 aliphatic carbocycles. The molecule has 2 rings (SSSR count). The zero-order chi connectivity index (χ0) is 11.5. The van der Waals surface area contributed by atoms with Crippen molar-refractivity contribution in [1.29, 1.82) is 0 Å². The van der Waals surface area contributed by atoms with Crippen LogP contribution in [0.15, 0.2) is 42.5 Å². The Morgan fingerprint density at radius 3 is 2.00 bits per heavy atom. The van der Waals surface area contributed by atoms with Crippen molar-refractivity contribution in [2.45, 2.75) is 6.42 Å². The van der Waals surface area contributed by atoms with Crippen LogP contribution < -0.4 is 11.5 Å². The van der Waals surface area contributed by atoms with E-state index in [-0.39, 0.29) is 12.4 Å². The predicted molar refractivity (Wildman–Crippen MR) is 76.8 cm³/mol. The molecule has 0 amide bonds. The van der Waals surface area contributed by atoms with Crippen molar-refractivity contribution >= 4 is 35.4 Å². The van der Waals surface area contributed by atoms with E-state index in [4.69, 9.17) is 23.1 Å². The third kappa shape index (κ3) is 3.55. The van der Waals surface area contributed by atoms with Gasteiger partial charge in [-0.25, -0.2) is 0 Å². The van der Waals surface area contributed by atoms with Gasteiger partial charge in [0.05, 0.1) is 11.4 Å². The SMILES string of the molecule is Cl.Nc1ccc(Cc2ccc(Cl)cc2)cc1N. The lowest BCUT2D eigenvalue weighted by Gasteiger charge is -2.05. The summed E-state index contributed by atoms with van der Waals surface area (Å²) in [6.07, 6.45) is 0.835. The second kappa shape index (κ2) is 5.80. The van der Waals surface area contributed by atoms with Crippen molar-refractivity contribution in [3.05, 3.63) is 58.6 Å². The molecular formula is C13H14Cl2N2. The van der Waals surface area contributed by atoms with Gasteiger partial charge in [-0.1, -0.05) is 29.8 Å². The van der Waals surface area contributed by atoms with Crippen LogP contribution in [0.25, 0.3) is 0 Å². The molecule has 0 saturated carbocycles. The molecule has 2 aromatic carbocycles. The van der Waals surface area contributed by atoms with Gasteiger partial charge in [-0.3, -0.25) is 0 Å². The Balaban J connectivity index is 0.00000144. The van der Waals surface area contributed by atoms with E-state index in [0.29, 0.717) is 11.4 Å². The van der Waals surface area contributed by atoms with Crippen LogP contribution in [0.3, 0.4) is 0 Å². The molecule has 4 heteroatoms. The molecule has 2 nitrogen and oxygen atoms in total. The Morgan fingerprint density at radius 2 is 1.41 bits per heavy atom. The third-order valence-electron chi connectivity index (χ3n) is 2.47. The van der Waals surface area contributed by atoms with Gasteiger partial charge in [-0.2, -0.15) is 0 Å². The summed E-state index contributed by atoms with van der Waals surface area (Å²) in [6.45, 7) is 0. The summed E-state index contributed by atoms with van der Waals surface area (Å²) in [6, 6.07) is 13.5. The van der Waals surface area contributed by atoms with Crippen molar-refractivity contribution in [3.63, 3.8) is 0 Å². The number of nitrogen functional groups attached to an aromatic ring is 2. The molecule has 0 heterocycles. The van der Waals surface area contributed by atoms with Gasteiger partial charge in [-0.15, -0.1) is 12.4 Å². The van der Waals surface area contributed by atoms with E-state index >= 15 is 0 Å². The van der Waals surface area contributed by atoms with Crippen LogP contribution in [0.1, 0.15) is 11.1 Å². The second-order valence-corrected chi connectivity index (χ2v) is 4.20. The lowest BCUT2D eigenvalue weighted by molar-refractivity contribution is 1.20. The number of rotatable bonds is 2. The van der Waals surface area contributed by atoms with Gasteiger partial charge < -0.3 is 11.5 Å². The fourth-order valence-electron chi connectivity index (χ4n) is 1.57. The molecular weight excluding hydrogens is 255 g/mol. The lowest BCUT2D eigenvalue weighted by Crippen LogP contribution is -1.96. The molecule has 4 N–H and O–H groups in total. The maximum Gasteiger partial charge on any atom is 0.0550 e. The van der Waals surface area contributed by atoms with E-state index in [2.05, 4.69) is 0 Å². The summed E-state index contributed by atoms with van der Waals surface area (Å²) in [5, 5.41) is 0.751. The molecule has 17 heavy (non-hydrogen) atoms. The Morgan fingerprint density at radius 1 is 0.824 bits per heavy atom. The average Bonchev–Trinajstić information content (AvgIpc) is 2.27. The highest BCUT2D eigenvalue weighted by molar-refractivity contribution is 6.30. The van der Waals surface area contributed by atoms with Gasteiger partial charge in [0.1, 0.15) is 0 Å². The highest BCUT2D eigenvalue weighted by Crippen LogP contribution is 2.19. The standard InChI is InChI=1S/C13H13ClN2.ClH/c14-11-4-1-9(2-5-11)7-10-3-6-12(15)13(16)8-10;/h1-6,8H,7,15-16H2;1H. The van der Waals surface area contributed by atoms with Crippen LogP contribution in [0.2, 0.25) is 5.02 Å². The Bertz CT molecular complexity index is 495. The molecule has 0 unspecified atom stereocenters. The van der Waals surface area contributed by atoms with Gasteiger partial charge in [0, 0.05) is 5.02 Å². The predicted octanol–water partition coefficient (Wildman–Crippen LogP) is 3.52. The largest absolute Gasteiger partial charge is 0.397 e. The smallest absolute Gasteiger partial charge is 0.0550 e. The average molecular weight is 269 g/mol. The molecule has 0 aliphatic rings. The van der Waals surface area contributed by atoms with Gasteiger partial charge in [0.2, 0.25) is 0 Å². The van der Waals surface area contributed by atoms with Crippen LogP contribution in [0, 0.1) is 0 Å². The van der Waals surface area contributed by atoms with Crippen molar-refractivity contribution < 1.29 is 0 Å². The molecule has 0 saturated heterocycles. The summed E-state index contributed by atoms with van der Waals surface area (Å²) in [4.78, 5) is 0. The minimum absolute atomic E-state index is 0. The van der Waals surface area contributed by atoms with Crippen LogP contribution in [-0.4, -0.2) is 0 Å². The molecule has 0 aliphatic heterocycles. The van der Waals surface area contributed by atoms with Crippen molar-refractivity contribution in [3.8, 4) is 0 Å². The molecule has 0 aromatic heterocycles. The Hall–Kier alpha value is -1.38. The lowest BCUT2D eigenvalue weighted by atomic mass is 10.0. The first-order valence-corrected chi connectivity index (χ1v) is 5.41. The number of hydrogen-bond acceptors (Lipinski definition) is 2. The van der Waals surface area contributed by atoms with Gasteiger partial charge in [0.25, 0.3) is 0 Å². The van der Waals surface area contributed by atoms with Crippen LogP contribution in [0.5, 0.6) is 0 Å². The molecule has 0 atom stereocenters. The van der Waals surface area contributed by atoms with Gasteiger partial charge in [-0.05, 0) is 41.8 Å². The van der Waals surface area contributed by atoms with Gasteiger partial charge in [0.15, 0.2) is 0 Å². The third-order valence-corrected chi connectivity index (χ3v) is 2.72. The van der Waals surface area contributed by atoms with E-state index < -0.39 is 0 Å². The monoisotopic (exact) mass is 268 g/mol. The maximum absolute atomic E-state index is 5.82. The maximum atomic E-state index is 5.82. The topological polar surface area (TPSA) is 52.0 Å². The van der Waals surface area contributed by atoms with Crippen molar-refractivity contribution in [2.75, 3.05) is 11.5 Å². The van der Waals surface area contributed by atoms with Crippen LogP contribution >= 0.6 is 24.0 Å². The minimum Gasteiger partial charge on any atom is -0.397 e. The van der Waals surface area contributed by atoms with E-state index in [1.165, 1.54) is 5.56 Å².